The average Bonchev–Trinajstić information content (AvgIpc) is 3.29. The molecule has 0 spiro atoms. The smallest absolute Gasteiger partial charge is 0.291 e. The van der Waals surface area contributed by atoms with Gasteiger partial charge >= 0.3 is 0 Å². The van der Waals surface area contributed by atoms with Gasteiger partial charge < -0.3 is 19.2 Å². The second kappa shape index (κ2) is 8.55. The highest BCUT2D eigenvalue weighted by molar-refractivity contribution is 6.30. The number of carbonyl (C=O) groups excluding carboxylic acids is 1. The molecule has 0 unspecified atom stereocenters. The van der Waals surface area contributed by atoms with Gasteiger partial charge in [0, 0.05) is 11.6 Å². The topological polar surface area (TPSA) is 78.5 Å². The number of ether oxygens (including phenoxy) is 2. The van der Waals surface area contributed by atoms with Crippen LogP contribution >= 0.6 is 11.6 Å². The van der Waals surface area contributed by atoms with Crippen LogP contribution in [-0.2, 0) is 18.1 Å². The largest absolute Gasteiger partial charge is 0.486 e. The van der Waals surface area contributed by atoms with Gasteiger partial charge in [0.15, 0.2) is 5.76 Å². The van der Waals surface area contributed by atoms with Gasteiger partial charge in [-0.05, 0) is 43.3 Å². The molecular formula is C18H18ClN3O4. The highest BCUT2D eigenvalue weighted by Crippen LogP contribution is 2.18. The number of benzene rings is 1. The van der Waals surface area contributed by atoms with Gasteiger partial charge in [-0.2, -0.15) is 5.10 Å². The number of hydrogen-bond donors (Lipinski definition) is 1. The minimum absolute atomic E-state index is 0.192. The van der Waals surface area contributed by atoms with Crippen molar-refractivity contribution in [1.82, 2.24) is 9.78 Å². The van der Waals surface area contributed by atoms with Gasteiger partial charge in [-0.15, -0.1) is 0 Å². The SMILES string of the molecule is CCOCn1cc(NC(=O)c2ccc(COc3ccc(Cl)cc3)o2)cn1. The molecular weight excluding hydrogens is 358 g/mol. The van der Waals surface area contributed by atoms with Crippen LogP contribution in [0, 0.1) is 0 Å². The summed E-state index contributed by atoms with van der Waals surface area (Å²) in [5.74, 6) is 1.03. The Bertz CT molecular complexity index is 857. The van der Waals surface area contributed by atoms with Gasteiger partial charge in [0.1, 0.15) is 24.8 Å². The Balaban J connectivity index is 1.54. The molecule has 3 rings (SSSR count). The number of rotatable bonds is 8. The zero-order valence-electron chi connectivity index (χ0n) is 14.1. The molecule has 0 saturated heterocycles. The van der Waals surface area contributed by atoms with Crippen LogP contribution in [0.5, 0.6) is 5.75 Å². The van der Waals surface area contributed by atoms with E-state index < -0.39 is 0 Å². The number of aromatic nitrogens is 2. The fourth-order valence-corrected chi connectivity index (χ4v) is 2.27. The summed E-state index contributed by atoms with van der Waals surface area (Å²) in [4.78, 5) is 12.2. The first-order valence-electron chi connectivity index (χ1n) is 8.02. The van der Waals surface area contributed by atoms with Crippen LogP contribution in [0.2, 0.25) is 5.02 Å². The molecule has 0 bridgehead atoms. The maximum absolute atomic E-state index is 12.2. The predicted octanol–water partition coefficient (Wildman–Crippen LogP) is 3.95. The Morgan fingerprint density at radius 2 is 2.08 bits per heavy atom. The number of amides is 1. The van der Waals surface area contributed by atoms with E-state index in [9.17, 15) is 4.79 Å². The van der Waals surface area contributed by atoms with Crippen LogP contribution in [0.1, 0.15) is 23.2 Å². The standard InChI is InChI=1S/C18H18ClN3O4/c1-2-24-12-22-10-14(9-20-22)21-18(23)17-8-7-16(26-17)11-25-15-5-3-13(19)4-6-15/h3-10H,2,11-12H2,1H3,(H,21,23). The zero-order chi connectivity index (χ0) is 18.4. The van der Waals surface area contributed by atoms with E-state index in [4.69, 9.17) is 25.5 Å². The fourth-order valence-electron chi connectivity index (χ4n) is 2.14. The minimum atomic E-state index is -0.362. The fraction of sp³-hybridized carbons (Fsp3) is 0.222. The van der Waals surface area contributed by atoms with E-state index in [-0.39, 0.29) is 18.3 Å². The van der Waals surface area contributed by atoms with Crippen molar-refractivity contribution in [2.75, 3.05) is 11.9 Å². The summed E-state index contributed by atoms with van der Waals surface area (Å²) < 4.78 is 17.9. The first-order chi connectivity index (χ1) is 12.6. The molecule has 0 aliphatic heterocycles. The lowest BCUT2D eigenvalue weighted by Crippen LogP contribution is -2.10. The normalized spacial score (nSPS) is 10.7. The third kappa shape index (κ3) is 4.87. The van der Waals surface area contributed by atoms with Crippen LogP contribution in [-0.4, -0.2) is 22.3 Å². The number of anilines is 1. The van der Waals surface area contributed by atoms with Gasteiger partial charge in [-0.1, -0.05) is 11.6 Å². The molecule has 1 aromatic carbocycles. The van der Waals surface area contributed by atoms with Gasteiger partial charge in [-0.3, -0.25) is 4.79 Å². The lowest BCUT2D eigenvalue weighted by molar-refractivity contribution is 0.0792. The minimum Gasteiger partial charge on any atom is -0.486 e. The van der Waals surface area contributed by atoms with Crippen molar-refractivity contribution in [3.8, 4) is 5.75 Å². The summed E-state index contributed by atoms with van der Waals surface area (Å²) in [6, 6.07) is 10.3. The summed E-state index contributed by atoms with van der Waals surface area (Å²) in [5, 5.41) is 7.45. The zero-order valence-corrected chi connectivity index (χ0v) is 14.9. The highest BCUT2D eigenvalue weighted by atomic mass is 35.5. The molecule has 1 N–H and O–H groups in total. The maximum atomic E-state index is 12.2. The van der Waals surface area contributed by atoms with Gasteiger partial charge in [0.05, 0.1) is 18.1 Å². The van der Waals surface area contributed by atoms with E-state index in [0.717, 1.165) is 0 Å². The number of carbonyl (C=O) groups is 1. The van der Waals surface area contributed by atoms with Crippen molar-refractivity contribution >= 4 is 23.2 Å². The summed E-state index contributed by atoms with van der Waals surface area (Å²) in [5.41, 5.74) is 0.560. The lowest BCUT2D eigenvalue weighted by atomic mass is 10.3. The molecule has 8 heteroatoms. The second-order valence-corrected chi connectivity index (χ2v) is 5.79. The van der Waals surface area contributed by atoms with Crippen molar-refractivity contribution in [3.63, 3.8) is 0 Å². The molecule has 3 aromatic rings. The third-order valence-corrected chi connectivity index (χ3v) is 3.65. The maximum Gasteiger partial charge on any atom is 0.291 e. The summed E-state index contributed by atoms with van der Waals surface area (Å²) >= 11 is 5.83. The van der Waals surface area contributed by atoms with E-state index in [1.54, 1.807) is 53.5 Å². The number of furan rings is 1. The number of nitrogens with zero attached hydrogens (tertiary/aromatic N) is 2. The van der Waals surface area contributed by atoms with E-state index in [2.05, 4.69) is 10.4 Å². The summed E-state index contributed by atoms with van der Waals surface area (Å²) in [6.07, 6.45) is 3.23. The van der Waals surface area contributed by atoms with Crippen molar-refractivity contribution in [2.45, 2.75) is 20.3 Å². The Labute approximate surface area is 155 Å². The third-order valence-electron chi connectivity index (χ3n) is 3.40. The highest BCUT2D eigenvalue weighted by Gasteiger charge is 2.13. The molecule has 26 heavy (non-hydrogen) atoms. The average molecular weight is 376 g/mol. The number of halogens is 1. The number of hydrogen-bond acceptors (Lipinski definition) is 5. The molecule has 136 valence electrons. The van der Waals surface area contributed by atoms with Crippen LogP contribution < -0.4 is 10.1 Å². The van der Waals surface area contributed by atoms with Crippen molar-refractivity contribution in [3.05, 3.63) is 65.3 Å². The van der Waals surface area contributed by atoms with Gasteiger partial charge in [0.25, 0.3) is 5.91 Å². The second-order valence-electron chi connectivity index (χ2n) is 5.35. The van der Waals surface area contributed by atoms with E-state index in [0.29, 0.717) is 35.6 Å². The van der Waals surface area contributed by atoms with Crippen molar-refractivity contribution in [1.29, 1.82) is 0 Å². The first-order valence-corrected chi connectivity index (χ1v) is 8.40. The van der Waals surface area contributed by atoms with E-state index >= 15 is 0 Å². The molecule has 0 atom stereocenters. The Hall–Kier alpha value is -2.77. The predicted molar refractivity (Wildman–Crippen MR) is 96.3 cm³/mol. The molecule has 7 nitrogen and oxygen atoms in total. The van der Waals surface area contributed by atoms with Gasteiger partial charge in [-0.25, -0.2) is 4.68 Å². The van der Waals surface area contributed by atoms with Crippen LogP contribution in [0.3, 0.4) is 0 Å². The van der Waals surface area contributed by atoms with Crippen LogP contribution in [0.4, 0.5) is 5.69 Å². The molecule has 2 aromatic heterocycles. The molecule has 0 fully saturated rings. The summed E-state index contributed by atoms with van der Waals surface area (Å²) in [7, 11) is 0. The van der Waals surface area contributed by atoms with Crippen LogP contribution in [0.25, 0.3) is 0 Å². The molecule has 2 heterocycles. The van der Waals surface area contributed by atoms with Gasteiger partial charge in [0.2, 0.25) is 0 Å². The van der Waals surface area contributed by atoms with Crippen molar-refractivity contribution in [2.24, 2.45) is 0 Å². The van der Waals surface area contributed by atoms with Crippen molar-refractivity contribution < 1.29 is 18.7 Å². The Kier molecular flexibility index (Phi) is 5.93. The van der Waals surface area contributed by atoms with E-state index in [1.807, 2.05) is 6.92 Å². The molecule has 1 amide bonds. The quantitative estimate of drug-likeness (QED) is 0.644. The molecule has 0 aliphatic carbocycles. The van der Waals surface area contributed by atoms with Crippen LogP contribution in [0.15, 0.2) is 53.2 Å². The summed E-state index contributed by atoms with van der Waals surface area (Å²) in [6.45, 7) is 3.03. The van der Waals surface area contributed by atoms with E-state index in [1.165, 1.54) is 0 Å². The lowest BCUT2D eigenvalue weighted by Gasteiger charge is -2.04. The molecule has 0 saturated carbocycles. The number of nitrogens with one attached hydrogen (secondary N) is 1. The molecule has 0 aliphatic rings. The Morgan fingerprint density at radius 1 is 1.27 bits per heavy atom. The first kappa shape index (κ1) is 18.0. The molecule has 0 radical (unpaired) electrons. The Morgan fingerprint density at radius 3 is 2.85 bits per heavy atom. The monoisotopic (exact) mass is 375 g/mol.